The molecule has 2 aliphatic heterocycles. The molecule has 0 saturated carbocycles. The van der Waals surface area contributed by atoms with Crippen LogP contribution in [0, 0.1) is 0 Å². The lowest BCUT2D eigenvalue weighted by molar-refractivity contribution is 0.278. The summed E-state index contributed by atoms with van der Waals surface area (Å²) in [7, 11) is 0. The van der Waals surface area contributed by atoms with E-state index in [-0.39, 0.29) is 5.92 Å². The van der Waals surface area contributed by atoms with Crippen molar-refractivity contribution in [3.63, 3.8) is 0 Å². The van der Waals surface area contributed by atoms with Crippen molar-refractivity contribution in [1.29, 1.82) is 0 Å². The first-order valence-corrected chi connectivity index (χ1v) is 18.6. The molecule has 1 aromatic heterocycles. The van der Waals surface area contributed by atoms with Gasteiger partial charge in [-0.3, -0.25) is 0 Å². The molecule has 10 rings (SSSR count). The molecule has 0 fully saturated rings. The van der Waals surface area contributed by atoms with E-state index >= 15 is 0 Å². The number of hydrogen-bond acceptors (Lipinski definition) is 8. The number of aliphatic imine (C=N–C) groups is 2. The topological polar surface area (TPSA) is 93.9 Å². The van der Waals surface area contributed by atoms with E-state index in [9.17, 15) is 0 Å². The van der Waals surface area contributed by atoms with E-state index in [1.165, 1.54) is 0 Å². The minimum atomic E-state index is -0.459. The van der Waals surface area contributed by atoms with Crippen LogP contribution in [-0.4, -0.2) is 26.6 Å². The van der Waals surface area contributed by atoms with Crippen molar-refractivity contribution < 1.29 is 9.47 Å². The summed E-state index contributed by atoms with van der Waals surface area (Å²) in [5.41, 5.74) is 6.43. The molecule has 1 N–H and O–H groups in total. The highest BCUT2D eigenvalue weighted by atomic mass is 16.6. The van der Waals surface area contributed by atoms with Gasteiger partial charge < -0.3 is 14.8 Å². The Labute approximate surface area is 324 Å². The highest BCUT2D eigenvalue weighted by Crippen LogP contribution is 2.44. The van der Waals surface area contributed by atoms with Crippen molar-refractivity contribution in [2.75, 3.05) is 0 Å². The van der Waals surface area contributed by atoms with Crippen LogP contribution < -0.4 is 14.8 Å². The summed E-state index contributed by atoms with van der Waals surface area (Å²) >= 11 is 0. The molecule has 0 bridgehead atoms. The van der Waals surface area contributed by atoms with Crippen molar-refractivity contribution in [2.24, 2.45) is 9.98 Å². The van der Waals surface area contributed by atoms with Gasteiger partial charge in [0.1, 0.15) is 11.7 Å². The van der Waals surface area contributed by atoms with Crippen LogP contribution in [0.4, 0.5) is 0 Å². The van der Waals surface area contributed by atoms with E-state index in [0.29, 0.717) is 47.0 Å². The lowest BCUT2D eigenvalue weighted by Gasteiger charge is -2.30. The van der Waals surface area contributed by atoms with Gasteiger partial charge in [-0.2, -0.15) is 0 Å². The third-order valence-corrected chi connectivity index (χ3v) is 9.96. The molecule has 56 heavy (non-hydrogen) atoms. The number of ether oxygens (including phenoxy) is 2. The Hall–Kier alpha value is -7.45. The Morgan fingerprint density at radius 2 is 0.964 bits per heavy atom. The van der Waals surface area contributed by atoms with Gasteiger partial charge in [-0.25, -0.2) is 24.9 Å². The maximum Gasteiger partial charge on any atom is 0.170 e. The van der Waals surface area contributed by atoms with Gasteiger partial charge in [-0.15, -0.1) is 0 Å². The third-order valence-electron chi connectivity index (χ3n) is 9.96. The van der Waals surface area contributed by atoms with Gasteiger partial charge in [0.15, 0.2) is 46.7 Å². The fourth-order valence-electron chi connectivity index (χ4n) is 7.19. The molecule has 268 valence electrons. The molecule has 8 nitrogen and oxygen atoms in total. The van der Waals surface area contributed by atoms with E-state index in [1.54, 1.807) is 0 Å². The maximum absolute atomic E-state index is 6.63. The van der Waals surface area contributed by atoms with Crippen LogP contribution in [0.2, 0.25) is 0 Å². The SMILES string of the molecule is C1=CC2=C(Oc3ccccc3O2)C(c2cc(C3=NC(c4ccccc4)N=C(c4ccccc4)N3)cc(-c3nc(-c4ccccc4)nc(-c4ccccc4)n3)c2)C1. The van der Waals surface area contributed by atoms with Gasteiger partial charge in [0.05, 0.1) is 0 Å². The van der Waals surface area contributed by atoms with Crippen LogP contribution in [0.1, 0.15) is 40.8 Å². The molecule has 1 aliphatic carbocycles. The molecule has 0 saturated heterocycles. The van der Waals surface area contributed by atoms with Crippen LogP contribution in [-0.2, 0) is 0 Å². The van der Waals surface area contributed by atoms with Crippen LogP contribution in [0.5, 0.6) is 11.5 Å². The molecule has 2 unspecified atom stereocenters. The molecule has 0 amide bonds. The zero-order chi connectivity index (χ0) is 37.3. The molecule has 8 heteroatoms. The first-order chi connectivity index (χ1) is 27.7. The summed E-state index contributed by atoms with van der Waals surface area (Å²) in [6.45, 7) is 0. The number of benzene rings is 6. The second-order valence-corrected chi connectivity index (χ2v) is 13.7. The Morgan fingerprint density at radius 1 is 0.464 bits per heavy atom. The van der Waals surface area contributed by atoms with Crippen molar-refractivity contribution in [3.8, 4) is 45.7 Å². The summed E-state index contributed by atoms with van der Waals surface area (Å²) in [6.07, 6.45) is 4.38. The lowest BCUT2D eigenvalue weighted by atomic mass is 9.87. The van der Waals surface area contributed by atoms with Gasteiger partial charge in [0, 0.05) is 33.7 Å². The zero-order valence-electron chi connectivity index (χ0n) is 30.2. The maximum atomic E-state index is 6.63. The monoisotopic (exact) mass is 726 g/mol. The van der Waals surface area contributed by atoms with E-state index in [0.717, 1.165) is 50.5 Å². The molecule has 7 aromatic rings. The average Bonchev–Trinajstić information content (AvgIpc) is 3.29. The van der Waals surface area contributed by atoms with Gasteiger partial charge in [0.2, 0.25) is 0 Å². The van der Waals surface area contributed by atoms with Crippen molar-refractivity contribution in [1.82, 2.24) is 20.3 Å². The quantitative estimate of drug-likeness (QED) is 0.176. The molecular weight excluding hydrogens is 693 g/mol. The normalized spacial score (nSPS) is 17.0. The summed E-state index contributed by atoms with van der Waals surface area (Å²) in [4.78, 5) is 25.5. The fourth-order valence-corrected chi connectivity index (χ4v) is 7.19. The number of fused-ring (bicyclic) bond motifs is 1. The third kappa shape index (κ3) is 6.54. The van der Waals surface area contributed by atoms with Crippen molar-refractivity contribution in [2.45, 2.75) is 18.5 Å². The van der Waals surface area contributed by atoms with Crippen LogP contribution in [0.15, 0.2) is 197 Å². The molecule has 0 radical (unpaired) electrons. The van der Waals surface area contributed by atoms with E-state index in [4.69, 9.17) is 34.4 Å². The van der Waals surface area contributed by atoms with E-state index in [1.807, 2.05) is 127 Å². The molecule has 2 atom stereocenters. The van der Waals surface area contributed by atoms with E-state index < -0.39 is 6.17 Å². The highest BCUT2D eigenvalue weighted by Gasteiger charge is 2.32. The van der Waals surface area contributed by atoms with Gasteiger partial charge in [-0.05, 0) is 54.0 Å². The molecule has 6 aromatic carbocycles. The highest BCUT2D eigenvalue weighted by molar-refractivity contribution is 6.16. The average molecular weight is 727 g/mol. The molecular formula is C48H34N6O2. The smallest absolute Gasteiger partial charge is 0.170 e. The fraction of sp³-hybridized carbons (Fsp3) is 0.0625. The number of amidine groups is 2. The van der Waals surface area contributed by atoms with Crippen LogP contribution in [0.25, 0.3) is 34.2 Å². The summed E-state index contributed by atoms with van der Waals surface area (Å²) in [5, 5.41) is 3.60. The van der Waals surface area contributed by atoms with Crippen molar-refractivity contribution >= 4 is 11.7 Å². The van der Waals surface area contributed by atoms with Crippen LogP contribution in [0.3, 0.4) is 0 Å². The molecule has 0 spiro atoms. The number of para-hydroxylation sites is 2. The molecule has 3 aliphatic rings. The Balaban J connectivity index is 1.16. The molecule has 3 heterocycles. The predicted octanol–water partition coefficient (Wildman–Crippen LogP) is 10.1. The minimum absolute atomic E-state index is 0.164. The number of allylic oxidation sites excluding steroid dienone is 3. The van der Waals surface area contributed by atoms with Gasteiger partial charge in [0.25, 0.3) is 0 Å². The number of nitrogens with one attached hydrogen (secondary N) is 1. The first-order valence-electron chi connectivity index (χ1n) is 18.6. The minimum Gasteiger partial charge on any atom is -0.453 e. The summed E-state index contributed by atoms with van der Waals surface area (Å²) in [6, 6.07) is 54.6. The second-order valence-electron chi connectivity index (χ2n) is 13.7. The zero-order valence-corrected chi connectivity index (χ0v) is 30.2. The Bertz CT molecular complexity index is 2640. The van der Waals surface area contributed by atoms with Crippen molar-refractivity contribution in [3.05, 3.63) is 210 Å². The summed E-state index contributed by atoms with van der Waals surface area (Å²) < 4.78 is 13.0. The van der Waals surface area contributed by atoms with Gasteiger partial charge in [-0.1, -0.05) is 140 Å². The van der Waals surface area contributed by atoms with Gasteiger partial charge >= 0.3 is 0 Å². The number of aromatic nitrogens is 3. The Kier molecular flexibility index (Phi) is 8.53. The standard InChI is InChI=1S/C48H34N6O2/c1-5-16-31(17-6-1)43-49-44(32-18-7-2-8-19-32)52-47(51-43)36-28-35(38-24-15-27-41-42(38)56-40-26-14-13-25-39(40)55-41)29-37(30-36)48-53-45(33-20-9-3-10-21-33)50-46(54-48)34-22-11-4-12-23-34/h1-23,25-30,38,43H,24H2,(H,49,51,52). The van der Waals surface area contributed by atoms with Crippen LogP contribution >= 0.6 is 0 Å². The first kappa shape index (κ1) is 33.1. The van der Waals surface area contributed by atoms with E-state index in [2.05, 4.69) is 53.9 Å². The second kappa shape index (κ2) is 14.4. The largest absolute Gasteiger partial charge is 0.453 e. The Morgan fingerprint density at radius 3 is 1.59 bits per heavy atom. The number of nitrogens with zero attached hydrogens (tertiary/aromatic N) is 5. The predicted molar refractivity (Wildman–Crippen MR) is 219 cm³/mol. The lowest BCUT2D eigenvalue weighted by Crippen LogP contribution is -2.36. The number of rotatable bonds is 7. The number of hydrogen-bond donors (Lipinski definition) is 1. The summed E-state index contributed by atoms with van der Waals surface area (Å²) in [5.74, 6) is 5.80.